The Morgan fingerprint density at radius 1 is 1.26 bits per heavy atom. The predicted octanol–water partition coefficient (Wildman–Crippen LogP) is 3.37. The van der Waals surface area contributed by atoms with E-state index in [1.165, 1.54) is 0 Å². The number of nitrogens with one attached hydrogen (secondary N) is 2. The highest BCUT2D eigenvalue weighted by Crippen LogP contribution is 2.22. The van der Waals surface area contributed by atoms with Gasteiger partial charge in [0.05, 0.1) is 0 Å². The molecule has 0 bridgehead atoms. The van der Waals surface area contributed by atoms with Crippen LogP contribution in [0.5, 0.6) is 0 Å². The first kappa shape index (κ1) is 15.6. The Bertz CT molecular complexity index is 460. The first-order valence-corrected chi connectivity index (χ1v) is 6.38. The van der Waals surface area contributed by atoms with Gasteiger partial charge in [0.1, 0.15) is 0 Å². The molecule has 0 saturated carbocycles. The molecule has 1 rings (SSSR count). The summed E-state index contributed by atoms with van der Waals surface area (Å²) in [6.07, 6.45) is 0.365. The van der Waals surface area contributed by atoms with Gasteiger partial charge in [0.25, 0.3) is 0 Å². The van der Waals surface area contributed by atoms with Crippen molar-refractivity contribution in [1.82, 2.24) is 5.32 Å². The first-order chi connectivity index (χ1) is 8.86. The van der Waals surface area contributed by atoms with E-state index in [2.05, 4.69) is 10.6 Å². The maximum atomic E-state index is 11.6. The van der Waals surface area contributed by atoms with Crippen LogP contribution in [0.25, 0.3) is 0 Å². The largest absolute Gasteiger partial charge is 0.481 e. The molecule has 1 aromatic carbocycles. The molecule has 0 aliphatic carbocycles. The van der Waals surface area contributed by atoms with Gasteiger partial charge < -0.3 is 15.7 Å². The van der Waals surface area contributed by atoms with E-state index in [0.717, 1.165) is 0 Å². The third kappa shape index (κ3) is 6.31. The van der Waals surface area contributed by atoms with Gasteiger partial charge in [-0.05, 0) is 31.5 Å². The Morgan fingerprint density at radius 2 is 1.84 bits per heavy atom. The van der Waals surface area contributed by atoms with Gasteiger partial charge >= 0.3 is 12.0 Å². The minimum atomic E-state index is -0.893. The second kappa shape index (κ2) is 7.21. The lowest BCUT2D eigenvalue weighted by molar-refractivity contribution is -0.137. The number of benzene rings is 1. The second-order valence-corrected chi connectivity index (χ2v) is 4.96. The monoisotopic (exact) mass is 304 g/mol. The number of anilines is 1. The normalized spacial score (nSPS) is 11.7. The molecule has 1 aromatic rings. The number of urea groups is 1. The summed E-state index contributed by atoms with van der Waals surface area (Å²) in [5.74, 6) is -0.893. The number of hydrogen-bond donors (Lipinski definition) is 3. The smallest absolute Gasteiger partial charge is 0.319 e. The van der Waals surface area contributed by atoms with E-state index in [4.69, 9.17) is 28.3 Å². The molecule has 0 saturated heterocycles. The van der Waals surface area contributed by atoms with Crippen LogP contribution in [0.3, 0.4) is 0 Å². The van der Waals surface area contributed by atoms with Crippen molar-refractivity contribution in [1.29, 1.82) is 0 Å². The van der Waals surface area contributed by atoms with Crippen LogP contribution in [0.1, 0.15) is 19.8 Å². The van der Waals surface area contributed by atoms with Crippen molar-refractivity contribution in [2.75, 3.05) is 5.32 Å². The molecule has 1 atom stereocenters. The predicted molar refractivity (Wildman–Crippen MR) is 74.9 cm³/mol. The number of aliphatic carboxylic acids is 1. The molecule has 0 aliphatic heterocycles. The maximum Gasteiger partial charge on any atom is 0.319 e. The van der Waals surface area contributed by atoms with E-state index in [0.29, 0.717) is 22.2 Å². The minimum Gasteiger partial charge on any atom is -0.481 e. The summed E-state index contributed by atoms with van der Waals surface area (Å²) in [4.78, 5) is 22.0. The van der Waals surface area contributed by atoms with Crippen molar-refractivity contribution in [2.45, 2.75) is 25.8 Å². The quantitative estimate of drug-likeness (QED) is 0.780. The molecule has 5 nitrogen and oxygen atoms in total. The SMILES string of the molecule is CC(CCC(=O)O)NC(=O)Nc1cc(Cl)cc(Cl)c1. The Balaban J connectivity index is 2.48. The number of carboxylic acids is 1. The highest BCUT2D eigenvalue weighted by molar-refractivity contribution is 6.35. The zero-order chi connectivity index (χ0) is 14.4. The van der Waals surface area contributed by atoms with Crippen LogP contribution in [0, 0.1) is 0 Å². The number of hydrogen-bond acceptors (Lipinski definition) is 2. The fraction of sp³-hybridized carbons (Fsp3) is 0.333. The van der Waals surface area contributed by atoms with Crippen LogP contribution in [-0.4, -0.2) is 23.1 Å². The molecular formula is C12H14Cl2N2O3. The molecule has 0 spiro atoms. The summed E-state index contributed by atoms with van der Waals surface area (Å²) in [7, 11) is 0. The zero-order valence-corrected chi connectivity index (χ0v) is 11.8. The van der Waals surface area contributed by atoms with Crippen molar-refractivity contribution < 1.29 is 14.7 Å². The van der Waals surface area contributed by atoms with Crippen LogP contribution in [-0.2, 0) is 4.79 Å². The number of halogens is 2. The van der Waals surface area contributed by atoms with Crippen molar-refractivity contribution in [3.05, 3.63) is 28.2 Å². The lowest BCUT2D eigenvalue weighted by atomic mass is 10.2. The number of carboxylic acid groups (broad SMARTS) is 1. The van der Waals surface area contributed by atoms with Gasteiger partial charge in [-0.2, -0.15) is 0 Å². The van der Waals surface area contributed by atoms with Crippen molar-refractivity contribution in [3.8, 4) is 0 Å². The van der Waals surface area contributed by atoms with Gasteiger partial charge in [0.2, 0.25) is 0 Å². The number of amides is 2. The number of carbonyl (C=O) groups excluding carboxylic acids is 1. The highest BCUT2D eigenvalue weighted by atomic mass is 35.5. The Hall–Kier alpha value is -1.46. The molecule has 0 radical (unpaired) electrons. The fourth-order valence-corrected chi connectivity index (χ4v) is 1.96. The zero-order valence-electron chi connectivity index (χ0n) is 10.2. The molecule has 104 valence electrons. The van der Waals surface area contributed by atoms with E-state index in [1.807, 2.05) is 0 Å². The van der Waals surface area contributed by atoms with Crippen molar-refractivity contribution in [3.63, 3.8) is 0 Å². The fourth-order valence-electron chi connectivity index (χ4n) is 1.43. The lowest BCUT2D eigenvalue weighted by Gasteiger charge is -2.14. The molecule has 0 fully saturated rings. The van der Waals surface area contributed by atoms with E-state index in [1.54, 1.807) is 25.1 Å². The average Bonchev–Trinajstić information content (AvgIpc) is 2.24. The molecular weight excluding hydrogens is 291 g/mol. The average molecular weight is 305 g/mol. The van der Waals surface area contributed by atoms with Crippen LogP contribution in [0.2, 0.25) is 10.0 Å². The van der Waals surface area contributed by atoms with E-state index in [-0.39, 0.29) is 12.5 Å². The van der Waals surface area contributed by atoms with Gasteiger partial charge in [-0.25, -0.2) is 4.79 Å². The Kier molecular flexibility index (Phi) is 5.92. The van der Waals surface area contributed by atoms with Gasteiger partial charge in [-0.3, -0.25) is 4.79 Å². The minimum absolute atomic E-state index is 0.00440. The van der Waals surface area contributed by atoms with Crippen LogP contribution in [0.4, 0.5) is 10.5 Å². The van der Waals surface area contributed by atoms with Crippen LogP contribution in [0.15, 0.2) is 18.2 Å². The maximum absolute atomic E-state index is 11.6. The third-order valence-electron chi connectivity index (χ3n) is 2.29. The standard InChI is InChI=1S/C12H14Cl2N2O3/c1-7(2-3-11(17)18)15-12(19)16-10-5-8(13)4-9(14)6-10/h4-7H,2-3H2,1H3,(H,17,18)(H2,15,16,19). The summed E-state index contributed by atoms with van der Waals surface area (Å²) in [5.41, 5.74) is 0.473. The topological polar surface area (TPSA) is 78.4 Å². The summed E-state index contributed by atoms with van der Waals surface area (Å²) in [6.45, 7) is 1.73. The molecule has 0 aliphatic rings. The molecule has 1 unspecified atom stereocenters. The summed E-state index contributed by atoms with van der Waals surface area (Å²) in [6, 6.07) is 4.01. The first-order valence-electron chi connectivity index (χ1n) is 5.62. The van der Waals surface area contributed by atoms with Gasteiger partial charge in [0.15, 0.2) is 0 Å². The van der Waals surface area contributed by atoms with Crippen molar-refractivity contribution in [2.24, 2.45) is 0 Å². The number of carbonyl (C=O) groups is 2. The van der Waals surface area contributed by atoms with Gasteiger partial charge in [0, 0.05) is 28.2 Å². The summed E-state index contributed by atoms with van der Waals surface area (Å²) < 4.78 is 0. The molecule has 3 N–H and O–H groups in total. The molecule has 7 heteroatoms. The molecule has 2 amide bonds. The number of rotatable bonds is 5. The molecule has 19 heavy (non-hydrogen) atoms. The van der Waals surface area contributed by atoms with E-state index in [9.17, 15) is 9.59 Å². The molecule has 0 heterocycles. The summed E-state index contributed by atoms with van der Waals surface area (Å²) in [5, 5.41) is 14.6. The van der Waals surface area contributed by atoms with Gasteiger partial charge in [-0.1, -0.05) is 23.2 Å². The Labute approximate surface area is 120 Å². The van der Waals surface area contributed by atoms with E-state index >= 15 is 0 Å². The summed E-state index contributed by atoms with van der Waals surface area (Å²) >= 11 is 11.6. The van der Waals surface area contributed by atoms with Crippen LogP contribution < -0.4 is 10.6 Å². The third-order valence-corrected chi connectivity index (χ3v) is 2.73. The van der Waals surface area contributed by atoms with Gasteiger partial charge in [-0.15, -0.1) is 0 Å². The van der Waals surface area contributed by atoms with E-state index < -0.39 is 12.0 Å². The highest BCUT2D eigenvalue weighted by Gasteiger charge is 2.09. The van der Waals surface area contributed by atoms with Crippen LogP contribution >= 0.6 is 23.2 Å². The van der Waals surface area contributed by atoms with Crippen molar-refractivity contribution >= 4 is 40.9 Å². The second-order valence-electron chi connectivity index (χ2n) is 4.09. The lowest BCUT2D eigenvalue weighted by Crippen LogP contribution is -2.36. The molecule has 0 aromatic heterocycles. The Morgan fingerprint density at radius 3 is 2.37 bits per heavy atom.